The molecule has 0 bridgehead atoms. The number of hydrogen-bond donors (Lipinski definition) is 1. The predicted octanol–water partition coefficient (Wildman–Crippen LogP) is 5.38. The smallest absolute Gasteiger partial charge is 0.387 e. The van der Waals surface area contributed by atoms with Gasteiger partial charge in [0.05, 0.1) is 17.8 Å². The van der Waals surface area contributed by atoms with Gasteiger partial charge in [0.15, 0.2) is 11.5 Å². The van der Waals surface area contributed by atoms with E-state index >= 15 is 0 Å². The van der Waals surface area contributed by atoms with Gasteiger partial charge in [-0.3, -0.25) is 4.79 Å². The molecule has 0 radical (unpaired) electrons. The Morgan fingerprint density at radius 1 is 1.21 bits per heavy atom. The number of hydrogen-bond acceptors (Lipinski definition) is 5. The number of benzene rings is 2. The minimum Gasteiger partial charge on any atom is -0.493 e. The molecule has 3 rings (SSSR count). The van der Waals surface area contributed by atoms with E-state index in [1.165, 1.54) is 25.3 Å². The Kier molecular flexibility index (Phi) is 6.56. The highest BCUT2D eigenvalue weighted by molar-refractivity contribution is 7.09. The second kappa shape index (κ2) is 9.29. The number of methoxy groups -OCH3 is 1. The van der Waals surface area contributed by atoms with Gasteiger partial charge in [-0.05, 0) is 31.2 Å². The molecule has 1 aromatic heterocycles. The van der Waals surface area contributed by atoms with Gasteiger partial charge in [0.1, 0.15) is 0 Å². The third-order valence-electron chi connectivity index (χ3n) is 3.92. The number of nitrogens with zero attached hydrogens (tertiary/aromatic N) is 1. The van der Waals surface area contributed by atoms with Crippen LogP contribution in [-0.2, 0) is 4.79 Å². The van der Waals surface area contributed by atoms with Crippen LogP contribution in [0.3, 0.4) is 0 Å². The summed E-state index contributed by atoms with van der Waals surface area (Å²) in [6, 6.07) is 11.9. The molecule has 0 aliphatic rings. The predicted molar refractivity (Wildman–Crippen MR) is 110 cm³/mol. The third-order valence-corrected chi connectivity index (χ3v) is 4.69. The van der Waals surface area contributed by atoms with Crippen LogP contribution in [0.25, 0.3) is 17.3 Å². The molecule has 0 spiro atoms. The Balaban J connectivity index is 1.70. The van der Waals surface area contributed by atoms with Crippen molar-refractivity contribution in [3.63, 3.8) is 0 Å². The zero-order valence-electron chi connectivity index (χ0n) is 15.7. The molecule has 1 amide bonds. The molecule has 3 aromatic rings. The van der Waals surface area contributed by atoms with Crippen LogP contribution in [0.1, 0.15) is 10.6 Å². The van der Waals surface area contributed by atoms with Gasteiger partial charge in [0, 0.05) is 28.3 Å². The summed E-state index contributed by atoms with van der Waals surface area (Å²) in [6.45, 7) is -1.07. The number of thiazole rings is 1. The standard InChI is InChI=1S/C21H18F2N2O3S/c1-13-24-17(12-29-13)14-6-9-16(10-7-14)25-19(26)11-8-15-4-3-5-18(27-2)20(15)28-21(22)23/h3-12,21H,1-2H3,(H,25,26)/b11-8+. The molecule has 0 aliphatic heterocycles. The summed E-state index contributed by atoms with van der Waals surface area (Å²) in [5, 5.41) is 5.67. The summed E-state index contributed by atoms with van der Waals surface area (Å²) in [5.41, 5.74) is 2.74. The Morgan fingerprint density at radius 2 is 1.97 bits per heavy atom. The van der Waals surface area contributed by atoms with Crippen molar-refractivity contribution in [2.45, 2.75) is 13.5 Å². The second-order valence-corrected chi connectivity index (χ2v) is 6.97. The fraction of sp³-hybridized carbons (Fsp3) is 0.143. The lowest BCUT2D eigenvalue weighted by Crippen LogP contribution is -2.08. The molecule has 29 heavy (non-hydrogen) atoms. The summed E-state index contributed by atoms with van der Waals surface area (Å²) in [4.78, 5) is 16.6. The monoisotopic (exact) mass is 416 g/mol. The zero-order valence-corrected chi connectivity index (χ0v) is 16.5. The number of anilines is 1. The van der Waals surface area contributed by atoms with E-state index in [9.17, 15) is 13.6 Å². The van der Waals surface area contributed by atoms with Gasteiger partial charge in [-0.15, -0.1) is 11.3 Å². The van der Waals surface area contributed by atoms with Crippen LogP contribution in [0.5, 0.6) is 11.5 Å². The second-order valence-electron chi connectivity index (χ2n) is 5.91. The van der Waals surface area contributed by atoms with Crippen molar-refractivity contribution in [1.29, 1.82) is 0 Å². The van der Waals surface area contributed by atoms with E-state index in [0.29, 0.717) is 11.3 Å². The molecule has 0 saturated heterocycles. The number of aryl methyl sites for hydroxylation is 1. The molecule has 1 heterocycles. The van der Waals surface area contributed by atoms with Crippen molar-refractivity contribution in [3.8, 4) is 22.8 Å². The summed E-state index contributed by atoms with van der Waals surface area (Å²) < 4.78 is 34.9. The van der Waals surface area contributed by atoms with Crippen molar-refractivity contribution in [3.05, 3.63) is 64.5 Å². The highest BCUT2D eigenvalue weighted by atomic mass is 32.1. The molecule has 0 unspecified atom stereocenters. The quantitative estimate of drug-likeness (QED) is 0.525. The highest BCUT2D eigenvalue weighted by Crippen LogP contribution is 2.33. The number of amides is 1. The maximum Gasteiger partial charge on any atom is 0.387 e. The molecule has 5 nitrogen and oxygen atoms in total. The van der Waals surface area contributed by atoms with E-state index in [2.05, 4.69) is 15.0 Å². The maximum absolute atomic E-state index is 12.7. The zero-order chi connectivity index (χ0) is 20.8. The Labute approximate surface area is 170 Å². The topological polar surface area (TPSA) is 60.5 Å². The number of nitrogens with one attached hydrogen (secondary N) is 1. The lowest BCUT2D eigenvalue weighted by atomic mass is 10.1. The van der Waals surface area contributed by atoms with Crippen LogP contribution >= 0.6 is 11.3 Å². The van der Waals surface area contributed by atoms with Crippen LogP contribution in [-0.4, -0.2) is 24.6 Å². The van der Waals surface area contributed by atoms with E-state index in [-0.39, 0.29) is 11.5 Å². The Hall–Kier alpha value is -3.26. The number of halogens is 2. The van der Waals surface area contributed by atoms with E-state index < -0.39 is 12.5 Å². The minimum atomic E-state index is -3.01. The van der Waals surface area contributed by atoms with Crippen LogP contribution in [0, 0.1) is 6.92 Å². The summed E-state index contributed by atoms with van der Waals surface area (Å²) in [6.07, 6.45) is 2.63. The first-order valence-corrected chi connectivity index (χ1v) is 9.47. The first kappa shape index (κ1) is 20.5. The van der Waals surface area contributed by atoms with Crippen LogP contribution < -0.4 is 14.8 Å². The third kappa shape index (κ3) is 5.39. The Bertz CT molecular complexity index is 1020. The van der Waals surface area contributed by atoms with Gasteiger partial charge in [0.2, 0.25) is 5.91 Å². The highest BCUT2D eigenvalue weighted by Gasteiger charge is 2.14. The molecular formula is C21H18F2N2O3S. The van der Waals surface area contributed by atoms with Gasteiger partial charge >= 0.3 is 6.61 Å². The van der Waals surface area contributed by atoms with E-state index in [1.54, 1.807) is 35.6 Å². The van der Waals surface area contributed by atoms with Crippen LogP contribution in [0.2, 0.25) is 0 Å². The first-order valence-electron chi connectivity index (χ1n) is 8.59. The number of carbonyl (C=O) groups excluding carboxylic acids is 1. The number of ether oxygens (including phenoxy) is 2. The average molecular weight is 416 g/mol. The number of aromatic nitrogens is 1. The van der Waals surface area contributed by atoms with Crippen molar-refractivity contribution >= 4 is 29.0 Å². The average Bonchev–Trinajstić information content (AvgIpc) is 3.13. The molecular weight excluding hydrogens is 398 g/mol. The van der Waals surface area contributed by atoms with Crippen molar-refractivity contribution in [2.75, 3.05) is 12.4 Å². The van der Waals surface area contributed by atoms with E-state index in [1.807, 2.05) is 24.4 Å². The number of rotatable bonds is 7. The molecule has 2 aromatic carbocycles. The van der Waals surface area contributed by atoms with E-state index in [0.717, 1.165) is 16.3 Å². The molecule has 0 aliphatic carbocycles. The van der Waals surface area contributed by atoms with Crippen LogP contribution in [0.15, 0.2) is 53.9 Å². The lowest BCUT2D eigenvalue weighted by molar-refractivity contribution is -0.111. The van der Waals surface area contributed by atoms with Gasteiger partial charge in [-0.1, -0.05) is 24.3 Å². The number of carbonyl (C=O) groups is 1. The van der Waals surface area contributed by atoms with Gasteiger partial charge in [0.25, 0.3) is 0 Å². The normalized spacial score (nSPS) is 11.1. The van der Waals surface area contributed by atoms with Gasteiger partial charge in [-0.2, -0.15) is 8.78 Å². The fourth-order valence-electron chi connectivity index (χ4n) is 2.61. The SMILES string of the molecule is COc1cccc(/C=C/C(=O)Nc2ccc(-c3csc(C)n3)cc2)c1OC(F)F. The first-order chi connectivity index (χ1) is 14.0. The molecule has 1 N–H and O–H groups in total. The largest absolute Gasteiger partial charge is 0.493 e. The minimum absolute atomic E-state index is 0.128. The van der Waals surface area contributed by atoms with Crippen LogP contribution in [0.4, 0.5) is 14.5 Å². The summed E-state index contributed by atoms with van der Waals surface area (Å²) in [5.74, 6) is -0.384. The molecule has 0 atom stereocenters. The van der Waals surface area contributed by atoms with Crippen molar-refractivity contribution in [1.82, 2.24) is 4.98 Å². The fourth-order valence-corrected chi connectivity index (χ4v) is 3.23. The number of para-hydroxylation sites is 1. The summed E-state index contributed by atoms with van der Waals surface area (Å²) >= 11 is 1.57. The van der Waals surface area contributed by atoms with Crippen molar-refractivity contribution in [2.24, 2.45) is 0 Å². The molecule has 0 fully saturated rings. The summed E-state index contributed by atoms with van der Waals surface area (Å²) in [7, 11) is 1.35. The van der Waals surface area contributed by atoms with E-state index in [4.69, 9.17) is 4.74 Å². The van der Waals surface area contributed by atoms with Gasteiger partial charge in [-0.25, -0.2) is 4.98 Å². The Morgan fingerprint density at radius 3 is 2.59 bits per heavy atom. The van der Waals surface area contributed by atoms with Crippen molar-refractivity contribution < 1.29 is 23.0 Å². The number of alkyl halides is 2. The lowest BCUT2D eigenvalue weighted by Gasteiger charge is -2.12. The van der Waals surface area contributed by atoms with Gasteiger partial charge < -0.3 is 14.8 Å². The maximum atomic E-state index is 12.7. The molecule has 0 saturated carbocycles. The molecule has 150 valence electrons. The molecule has 8 heteroatoms.